The minimum absolute atomic E-state index is 0.240. The van der Waals surface area contributed by atoms with E-state index in [9.17, 15) is 0 Å². The Labute approximate surface area is 81.6 Å². The quantitative estimate of drug-likeness (QED) is 0.674. The van der Waals surface area contributed by atoms with Gasteiger partial charge < -0.3 is 9.47 Å². The third-order valence-electron chi connectivity index (χ3n) is 2.95. The highest BCUT2D eigenvalue weighted by atomic mass is 16.7. The van der Waals surface area contributed by atoms with Crippen molar-refractivity contribution in [1.29, 1.82) is 0 Å². The van der Waals surface area contributed by atoms with Crippen LogP contribution in [-0.4, -0.2) is 19.0 Å². The van der Waals surface area contributed by atoms with Crippen LogP contribution in [0.1, 0.15) is 47.0 Å². The first kappa shape index (κ1) is 11.0. The van der Waals surface area contributed by atoms with E-state index in [1.54, 1.807) is 0 Å². The van der Waals surface area contributed by atoms with Crippen LogP contribution in [0, 0.1) is 5.41 Å². The van der Waals surface area contributed by atoms with E-state index < -0.39 is 0 Å². The third-order valence-corrected chi connectivity index (χ3v) is 2.95. The van der Waals surface area contributed by atoms with Gasteiger partial charge in [0, 0.05) is 5.41 Å². The van der Waals surface area contributed by atoms with Gasteiger partial charge in [-0.3, -0.25) is 0 Å². The van der Waals surface area contributed by atoms with Crippen molar-refractivity contribution < 1.29 is 9.47 Å². The summed E-state index contributed by atoms with van der Waals surface area (Å²) in [6.45, 7) is 10.3. The molecule has 1 aliphatic rings. The van der Waals surface area contributed by atoms with Gasteiger partial charge in [-0.2, -0.15) is 0 Å². The second-order valence-corrected chi connectivity index (χ2v) is 4.63. The molecule has 0 N–H and O–H groups in total. The SMILES string of the molecule is CCCC1(C)COC(C)(CC)OC1. The van der Waals surface area contributed by atoms with Crippen LogP contribution in [0.25, 0.3) is 0 Å². The van der Waals surface area contributed by atoms with Crippen LogP contribution in [0.5, 0.6) is 0 Å². The molecule has 0 spiro atoms. The van der Waals surface area contributed by atoms with E-state index in [4.69, 9.17) is 9.47 Å². The van der Waals surface area contributed by atoms with Crippen molar-refractivity contribution in [2.75, 3.05) is 13.2 Å². The zero-order valence-corrected chi connectivity index (χ0v) is 9.35. The third kappa shape index (κ3) is 2.68. The first-order valence-corrected chi connectivity index (χ1v) is 5.31. The molecule has 2 heteroatoms. The minimum Gasteiger partial charge on any atom is -0.350 e. The van der Waals surface area contributed by atoms with Gasteiger partial charge >= 0.3 is 0 Å². The van der Waals surface area contributed by atoms with Gasteiger partial charge in [0.1, 0.15) is 0 Å². The first-order valence-electron chi connectivity index (χ1n) is 5.31. The molecule has 2 nitrogen and oxygen atoms in total. The fourth-order valence-electron chi connectivity index (χ4n) is 1.69. The van der Waals surface area contributed by atoms with Crippen LogP contribution in [0.4, 0.5) is 0 Å². The van der Waals surface area contributed by atoms with Crippen LogP contribution in [0.2, 0.25) is 0 Å². The number of ether oxygens (including phenoxy) is 2. The van der Waals surface area contributed by atoms with Gasteiger partial charge in [-0.1, -0.05) is 27.2 Å². The highest BCUT2D eigenvalue weighted by Crippen LogP contribution is 2.34. The summed E-state index contributed by atoms with van der Waals surface area (Å²) < 4.78 is 11.5. The lowest BCUT2D eigenvalue weighted by atomic mass is 9.86. The molecule has 0 unspecified atom stereocenters. The Bertz CT molecular complexity index is 157. The lowest BCUT2D eigenvalue weighted by Crippen LogP contribution is -2.46. The molecular weight excluding hydrogens is 164 g/mol. The summed E-state index contributed by atoms with van der Waals surface area (Å²) in [5.74, 6) is -0.326. The Kier molecular flexibility index (Phi) is 3.36. The summed E-state index contributed by atoms with van der Waals surface area (Å²) in [6.07, 6.45) is 3.31. The van der Waals surface area contributed by atoms with Crippen LogP contribution >= 0.6 is 0 Å². The van der Waals surface area contributed by atoms with E-state index in [1.807, 2.05) is 6.92 Å². The Hall–Kier alpha value is -0.0800. The zero-order valence-electron chi connectivity index (χ0n) is 9.35. The van der Waals surface area contributed by atoms with Gasteiger partial charge in [-0.25, -0.2) is 0 Å². The average Bonchev–Trinajstić information content (AvgIpc) is 2.12. The standard InChI is InChI=1S/C11H22O2/c1-5-7-10(3)8-12-11(4,6-2)13-9-10/h5-9H2,1-4H3. The zero-order chi connectivity index (χ0) is 9.95. The molecule has 0 amide bonds. The van der Waals surface area contributed by atoms with Crippen LogP contribution < -0.4 is 0 Å². The van der Waals surface area contributed by atoms with E-state index in [2.05, 4.69) is 20.8 Å². The predicted molar refractivity (Wildman–Crippen MR) is 53.6 cm³/mol. The Morgan fingerprint density at radius 1 is 1.08 bits per heavy atom. The largest absolute Gasteiger partial charge is 0.350 e. The molecule has 0 saturated carbocycles. The maximum atomic E-state index is 5.76. The van der Waals surface area contributed by atoms with Gasteiger partial charge in [0.05, 0.1) is 13.2 Å². The smallest absolute Gasteiger partial charge is 0.165 e. The van der Waals surface area contributed by atoms with E-state index >= 15 is 0 Å². The van der Waals surface area contributed by atoms with Gasteiger partial charge in [0.15, 0.2) is 5.79 Å². The molecule has 0 aliphatic carbocycles. The molecule has 0 radical (unpaired) electrons. The molecule has 0 aromatic carbocycles. The summed E-state index contributed by atoms with van der Waals surface area (Å²) >= 11 is 0. The molecule has 0 atom stereocenters. The summed E-state index contributed by atoms with van der Waals surface area (Å²) in [5, 5.41) is 0. The van der Waals surface area contributed by atoms with Crippen molar-refractivity contribution in [2.24, 2.45) is 5.41 Å². The fraction of sp³-hybridized carbons (Fsp3) is 1.00. The second kappa shape index (κ2) is 3.97. The monoisotopic (exact) mass is 186 g/mol. The molecule has 1 heterocycles. The maximum Gasteiger partial charge on any atom is 0.165 e. The number of rotatable bonds is 3. The minimum atomic E-state index is -0.326. The lowest BCUT2D eigenvalue weighted by molar-refractivity contribution is -0.293. The van der Waals surface area contributed by atoms with Gasteiger partial charge in [0.2, 0.25) is 0 Å². The van der Waals surface area contributed by atoms with Crippen molar-refractivity contribution in [3.05, 3.63) is 0 Å². The number of hydrogen-bond donors (Lipinski definition) is 0. The van der Waals surface area contributed by atoms with Crippen molar-refractivity contribution in [3.8, 4) is 0 Å². The summed E-state index contributed by atoms with van der Waals surface area (Å²) in [4.78, 5) is 0. The summed E-state index contributed by atoms with van der Waals surface area (Å²) in [6, 6.07) is 0. The van der Waals surface area contributed by atoms with E-state index in [0.29, 0.717) is 0 Å². The molecular formula is C11H22O2. The van der Waals surface area contributed by atoms with Gasteiger partial charge in [0.25, 0.3) is 0 Å². The number of hydrogen-bond acceptors (Lipinski definition) is 2. The summed E-state index contributed by atoms with van der Waals surface area (Å²) in [5.41, 5.74) is 0.240. The van der Waals surface area contributed by atoms with Crippen LogP contribution in [0.15, 0.2) is 0 Å². The summed E-state index contributed by atoms with van der Waals surface area (Å²) in [7, 11) is 0. The van der Waals surface area contributed by atoms with E-state index in [1.165, 1.54) is 12.8 Å². The molecule has 0 aromatic rings. The van der Waals surface area contributed by atoms with Crippen molar-refractivity contribution in [2.45, 2.75) is 52.7 Å². The average molecular weight is 186 g/mol. The van der Waals surface area contributed by atoms with Gasteiger partial charge in [-0.15, -0.1) is 0 Å². The molecule has 1 aliphatic heterocycles. The highest BCUT2D eigenvalue weighted by molar-refractivity contribution is 4.79. The molecule has 1 saturated heterocycles. The Morgan fingerprint density at radius 3 is 2.00 bits per heavy atom. The van der Waals surface area contributed by atoms with E-state index in [-0.39, 0.29) is 11.2 Å². The van der Waals surface area contributed by atoms with E-state index in [0.717, 1.165) is 19.6 Å². The predicted octanol–water partition coefficient (Wildman–Crippen LogP) is 2.97. The molecule has 0 bridgehead atoms. The Balaban J connectivity index is 2.46. The maximum absolute atomic E-state index is 5.76. The fourth-order valence-corrected chi connectivity index (χ4v) is 1.69. The lowest BCUT2D eigenvalue weighted by Gasteiger charge is -2.42. The normalized spacial score (nSPS) is 40.6. The molecule has 13 heavy (non-hydrogen) atoms. The highest BCUT2D eigenvalue weighted by Gasteiger charge is 2.37. The molecule has 1 rings (SSSR count). The molecule has 1 fully saturated rings. The molecule has 78 valence electrons. The van der Waals surface area contributed by atoms with Crippen molar-refractivity contribution in [3.63, 3.8) is 0 Å². The molecule has 0 aromatic heterocycles. The van der Waals surface area contributed by atoms with Crippen LogP contribution in [-0.2, 0) is 9.47 Å². The second-order valence-electron chi connectivity index (χ2n) is 4.63. The first-order chi connectivity index (χ1) is 6.04. The van der Waals surface area contributed by atoms with Crippen molar-refractivity contribution in [1.82, 2.24) is 0 Å². The van der Waals surface area contributed by atoms with Crippen LogP contribution in [0.3, 0.4) is 0 Å². The van der Waals surface area contributed by atoms with Gasteiger partial charge in [-0.05, 0) is 19.8 Å². The Morgan fingerprint density at radius 2 is 1.62 bits per heavy atom. The topological polar surface area (TPSA) is 18.5 Å². The van der Waals surface area contributed by atoms with Crippen molar-refractivity contribution >= 4 is 0 Å².